The second-order valence-electron chi connectivity index (χ2n) is 7.06. The van der Waals surface area contributed by atoms with Gasteiger partial charge in [-0.05, 0) is 28.1 Å². The summed E-state index contributed by atoms with van der Waals surface area (Å²) < 4.78 is 22.7. The summed E-state index contributed by atoms with van der Waals surface area (Å²) in [6.45, 7) is 0.251. The summed E-state index contributed by atoms with van der Waals surface area (Å²) in [6.07, 6.45) is 1.83. The summed E-state index contributed by atoms with van der Waals surface area (Å²) in [6, 6.07) is 14.8. The van der Waals surface area contributed by atoms with Gasteiger partial charge in [0.15, 0.2) is 3.92 Å². The molecule has 0 saturated carbocycles. The van der Waals surface area contributed by atoms with Gasteiger partial charge < -0.3 is 9.72 Å². The number of imidazole rings is 1. The molecule has 10 heteroatoms. The molecule has 2 aromatic carbocycles. The summed E-state index contributed by atoms with van der Waals surface area (Å²) in [5.41, 5.74) is 4.00. The molecule has 0 aliphatic heterocycles. The molecule has 0 aliphatic carbocycles. The third-order valence-electron chi connectivity index (χ3n) is 4.91. The van der Waals surface area contributed by atoms with E-state index < -0.39 is 0 Å². The van der Waals surface area contributed by atoms with Gasteiger partial charge in [-0.15, -0.1) is 16.4 Å². The number of hydrogen-bond acceptors (Lipinski definition) is 6. The largest absolute Gasteiger partial charge is 0.486 e. The van der Waals surface area contributed by atoms with Crippen LogP contribution >= 0.6 is 38.6 Å². The molecule has 0 atom stereocenters. The number of fused-ring (bicyclic) bond motifs is 2. The molecule has 0 fully saturated rings. The molecule has 158 valence electrons. The Morgan fingerprint density at radius 1 is 1.12 bits per heavy atom. The summed E-state index contributed by atoms with van der Waals surface area (Å²) in [7, 11) is 0. The topological polar surface area (TPSA) is 68.1 Å². The molecule has 0 bridgehead atoms. The highest BCUT2D eigenvalue weighted by Crippen LogP contribution is 2.33. The van der Waals surface area contributed by atoms with Crippen molar-refractivity contribution >= 4 is 54.5 Å². The van der Waals surface area contributed by atoms with Crippen molar-refractivity contribution in [3.05, 3.63) is 75.5 Å². The lowest BCUT2D eigenvalue weighted by Crippen LogP contribution is -1.96. The molecule has 6 nitrogen and oxygen atoms in total. The molecule has 4 aromatic heterocycles. The Hall–Kier alpha value is -3.08. The smallest absolute Gasteiger partial charge is 0.213 e. The molecule has 32 heavy (non-hydrogen) atoms. The number of benzene rings is 2. The summed E-state index contributed by atoms with van der Waals surface area (Å²) in [4.78, 5) is 13.2. The second-order valence-corrected chi connectivity index (χ2v) is 10.1. The zero-order chi connectivity index (χ0) is 21.7. The van der Waals surface area contributed by atoms with Crippen molar-refractivity contribution in [1.29, 1.82) is 0 Å². The third-order valence-corrected chi connectivity index (χ3v) is 7.20. The van der Waals surface area contributed by atoms with E-state index in [0.29, 0.717) is 11.3 Å². The van der Waals surface area contributed by atoms with Gasteiger partial charge in [0.1, 0.15) is 28.9 Å². The lowest BCUT2D eigenvalue weighted by atomic mass is 10.2. The van der Waals surface area contributed by atoms with Gasteiger partial charge in [0, 0.05) is 22.4 Å². The number of aromatic nitrogens is 5. The number of hydrogen-bond donors (Lipinski definition) is 1. The first kappa shape index (κ1) is 19.6. The van der Waals surface area contributed by atoms with Gasteiger partial charge in [0.25, 0.3) is 0 Å². The standard InChI is InChI=1S/C22H13BrFN5OS2/c23-21-28-29-9-18(27-22(29)32-21)17-8-15-16(26-17)6-13(24)7-19(15)30-10-14-11-31-20(25-14)12-4-2-1-3-5-12/h1-9,11,26H,10H2. The monoisotopic (exact) mass is 525 g/mol. The molecule has 0 radical (unpaired) electrons. The molecular weight excluding hydrogens is 513 g/mol. The first-order valence-electron chi connectivity index (χ1n) is 9.59. The minimum atomic E-state index is -0.374. The third kappa shape index (κ3) is 3.60. The normalized spacial score (nSPS) is 11.6. The average Bonchev–Trinajstić information content (AvgIpc) is 3.55. The van der Waals surface area contributed by atoms with E-state index in [1.807, 2.05) is 48.0 Å². The van der Waals surface area contributed by atoms with Gasteiger partial charge in [-0.2, -0.15) is 0 Å². The Morgan fingerprint density at radius 3 is 2.84 bits per heavy atom. The Morgan fingerprint density at radius 2 is 2.00 bits per heavy atom. The number of nitrogens with zero attached hydrogens (tertiary/aromatic N) is 4. The molecule has 1 N–H and O–H groups in total. The number of aromatic amines is 1. The minimum Gasteiger partial charge on any atom is -0.486 e. The molecule has 0 unspecified atom stereocenters. The lowest BCUT2D eigenvalue weighted by molar-refractivity contribution is 0.304. The van der Waals surface area contributed by atoms with Crippen molar-refractivity contribution in [3.8, 4) is 27.7 Å². The van der Waals surface area contributed by atoms with Gasteiger partial charge in [0.05, 0.1) is 23.1 Å². The number of halogens is 2. The van der Waals surface area contributed by atoms with Crippen molar-refractivity contribution in [3.63, 3.8) is 0 Å². The molecule has 6 aromatic rings. The van der Waals surface area contributed by atoms with Crippen LogP contribution in [0.3, 0.4) is 0 Å². The van der Waals surface area contributed by atoms with Crippen LogP contribution in [0, 0.1) is 5.82 Å². The highest BCUT2D eigenvalue weighted by Gasteiger charge is 2.15. The van der Waals surface area contributed by atoms with Crippen LogP contribution in [0.5, 0.6) is 5.75 Å². The van der Waals surface area contributed by atoms with E-state index >= 15 is 0 Å². The number of ether oxygens (including phenoxy) is 1. The fourth-order valence-electron chi connectivity index (χ4n) is 3.47. The highest BCUT2D eigenvalue weighted by molar-refractivity contribution is 9.11. The van der Waals surface area contributed by atoms with Crippen LogP contribution in [0.15, 0.2) is 64.0 Å². The van der Waals surface area contributed by atoms with E-state index in [1.54, 1.807) is 15.9 Å². The number of H-pyrrole nitrogens is 1. The zero-order valence-electron chi connectivity index (χ0n) is 16.3. The van der Waals surface area contributed by atoms with Gasteiger partial charge >= 0.3 is 0 Å². The fraction of sp³-hybridized carbons (Fsp3) is 0.0455. The van der Waals surface area contributed by atoms with Crippen molar-refractivity contribution in [2.24, 2.45) is 0 Å². The van der Waals surface area contributed by atoms with Crippen molar-refractivity contribution in [2.75, 3.05) is 0 Å². The van der Waals surface area contributed by atoms with Crippen molar-refractivity contribution in [2.45, 2.75) is 6.61 Å². The molecule has 4 heterocycles. The SMILES string of the molecule is Fc1cc(OCc2csc(-c3ccccc3)n2)c2cc(-c3cn4nc(Br)sc4n3)[nH]c2c1. The van der Waals surface area contributed by atoms with E-state index in [4.69, 9.17) is 4.74 Å². The second kappa shape index (κ2) is 7.80. The molecular formula is C22H13BrFN5OS2. The first-order valence-corrected chi connectivity index (χ1v) is 12.1. The average molecular weight is 526 g/mol. The maximum atomic E-state index is 14.3. The highest BCUT2D eigenvalue weighted by atomic mass is 79.9. The fourth-order valence-corrected chi connectivity index (χ4v) is 5.50. The minimum absolute atomic E-state index is 0.251. The van der Waals surface area contributed by atoms with Crippen LogP contribution in [-0.2, 0) is 6.61 Å². The van der Waals surface area contributed by atoms with E-state index in [0.717, 1.165) is 41.9 Å². The Bertz CT molecular complexity index is 1540. The van der Waals surface area contributed by atoms with Gasteiger partial charge in [-0.1, -0.05) is 41.7 Å². The van der Waals surface area contributed by atoms with Crippen LogP contribution in [0.2, 0.25) is 0 Å². The predicted octanol–water partition coefficient (Wildman–Crippen LogP) is 6.54. The van der Waals surface area contributed by atoms with Crippen LogP contribution < -0.4 is 4.74 Å². The van der Waals surface area contributed by atoms with Gasteiger partial charge in [0.2, 0.25) is 4.96 Å². The molecule has 0 aliphatic rings. The maximum Gasteiger partial charge on any atom is 0.213 e. The van der Waals surface area contributed by atoms with Crippen LogP contribution in [0.4, 0.5) is 4.39 Å². The van der Waals surface area contributed by atoms with Crippen LogP contribution in [0.1, 0.15) is 5.69 Å². The van der Waals surface area contributed by atoms with E-state index in [-0.39, 0.29) is 12.4 Å². The van der Waals surface area contributed by atoms with Crippen molar-refractivity contribution < 1.29 is 9.13 Å². The van der Waals surface area contributed by atoms with E-state index in [2.05, 4.69) is 36.0 Å². The van der Waals surface area contributed by atoms with Gasteiger partial charge in [-0.25, -0.2) is 18.9 Å². The predicted molar refractivity (Wildman–Crippen MR) is 128 cm³/mol. The van der Waals surface area contributed by atoms with Gasteiger partial charge in [-0.3, -0.25) is 0 Å². The summed E-state index contributed by atoms with van der Waals surface area (Å²) >= 11 is 6.36. The molecule has 0 amide bonds. The first-order chi connectivity index (χ1) is 15.6. The summed E-state index contributed by atoms with van der Waals surface area (Å²) in [5, 5.41) is 7.99. The zero-order valence-corrected chi connectivity index (χ0v) is 19.5. The lowest BCUT2D eigenvalue weighted by Gasteiger charge is -2.06. The molecule has 0 saturated heterocycles. The van der Waals surface area contributed by atoms with Crippen LogP contribution in [0.25, 0.3) is 37.8 Å². The Balaban J connectivity index is 1.29. The molecule has 0 spiro atoms. The molecule has 6 rings (SSSR count). The number of nitrogens with one attached hydrogen (secondary N) is 1. The Kier molecular flexibility index (Phi) is 4.78. The van der Waals surface area contributed by atoms with E-state index in [1.165, 1.54) is 23.5 Å². The Labute approximate surface area is 197 Å². The summed E-state index contributed by atoms with van der Waals surface area (Å²) in [5.74, 6) is 0.0826. The maximum absolute atomic E-state index is 14.3. The van der Waals surface area contributed by atoms with E-state index in [9.17, 15) is 4.39 Å². The van der Waals surface area contributed by atoms with Crippen molar-refractivity contribution in [1.82, 2.24) is 24.6 Å². The number of rotatable bonds is 5. The number of thiazole rings is 1. The quantitative estimate of drug-likeness (QED) is 0.277. The van der Waals surface area contributed by atoms with Crippen LogP contribution in [-0.4, -0.2) is 24.6 Å².